The Balaban J connectivity index is 0.000000493. The molecule has 0 amide bonds. The van der Waals surface area contributed by atoms with Crippen LogP contribution < -0.4 is 0 Å². The first kappa shape index (κ1) is 29.7. The van der Waals surface area contributed by atoms with Crippen molar-refractivity contribution < 1.29 is 41.4 Å². The van der Waals surface area contributed by atoms with Gasteiger partial charge in [0.05, 0.1) is 22.6 Å². The predicted molar refractivity (Wildman–Crippen MR) is 146 cm³/mol. The van der Waals surface area contributed by atoms with Gasteiger partial charge in [-0.15, -0.1) is 0 Å². The Labute approximate surface area is 233 Å². The summed E-state index contributed by atoms with van der Waals surface area (Å²) in [4.78, 5) is 30.3. The number of benzene rings is 3. The molecule has 1 fully saturated rings. The maximum atomic E-state index is 11.8. The largest absolute Gasteiger partial charge is 0.490 e. The maximum Gasteiger partial charge on any atom is 0.490 e. The van der Waals surface area contributed by atoms with Gasteiger partial charge in [0.2, 0.25) is 0 Å². The molecule has 0 spiro atoms. The Kier molecular flexibility index (Phi) is 8.50. The van der Waals surface area contributed by atoms with Crippen LogP contribution in [0.15, 0.2) is 60.7 Å². The molecule has 3 N–H and O–H groups in total. The molecule has 216 valence electrons. The number of H-pyrrole nitrogens is 1. The van der Waals surface area contributed by atoms with E-state index in [0.29, 0.717) is 29.9 Å². The van der Waals surface area contributed by atoms with Crippen LogP contribution in [0.25, 0.3) is 33.3 Å². The van der Waals surface area contributed by atoms with Gasteiger partial charge in [-0.3, -0.25) is 4.90 Å². The highest BCUT2D eigenvalue weighted by Gasteiger charge is 2.38. The van der Waals surface area contributed by atoms with Gasteiger partial charge < -0.3 is 15.2 Å². The number of carboxylic acids is 2. The quantitative estimate of drug-likeness (QED) is 0.303. The van der Waals surface area contributed by atoms with Gasteiger partial charge in [0, 0.05) is 19.6 Å². The number of nitrogens with one attached hydrogen (secondary N) is 1. The molecule has 0 atom stereocenters. The Morgan fingerprint density at radius 1 is 0.927 bits per heavy atom. The van der Waals surface area contributed by atoms with Gasteiger partial charge >= 0.3 is 18.1 Å². The molecule has 41 heavy (non-hydrogen) atoms. The van der Waals surface area contributed by atoms with Crippen molar-refractivity contribution in [3.63, 3.8) is 0 Å². The fraction of sp³-hybridized carbons (Fsp3) is 0.250. The van der Waals surface area contributed by atoms with Gasteiger partial charge in [0.15, 0.2) is 9.84 Å². The van der Waals surface area contributed by atoms with E-state index in [4.69, 9.17) is 9.90 Å². The number of aromatic nitrogens is 2. The van der Waals surface area contributed by atoms with Crippen molar-refractivity contribution in [2.75, 3.05) is 24.6 Å². The minimum atomic E-state index is -5.08. The van der Waals surface area contributed by atoms with Crippen LogP contribution in [-0.4, -0.2) is 76.2 Å². The third-order valence-corrected chi connectivity index (χ3v) is 8.11. The van der Waals surface area contributed by atoms with Crippen molar-refractivity contribution in [2.45, 2.75) is 19.6 Å². The summed E-state index contributed by atoms with van der Waals surface area (Å²) in [6.45, 7) is 3.67. The molecule has 0 saturated carbocycles. The van der Waals surface area contributed by atoms with E-state index in [1.54, 1.807) is 13.0 Å². The number of nitrogens with zero attached hydrogens (tertiary/aromatic N) is 2. The SMILES string of the molecule is Cc1nc2c(C(=O)O)cc(-c3ccc(-c4cccc(CN5CCS(=O)(=O)CC5)c4)cc3)cc2[nH]1.O=C(O)C(F)(F)F. The summed E-state index contributed by atoms with van der Waals surface area (Å²) in [6, 6.07) is 19.9. The molecule has 0 aliphatic carbocycles. The standard InChI is InChI=1S/C26H25N3O4S.C2HF3O2/c1-17-27-24-15-22(14-23(26(30)31)25(24)28-17)20-7-5-19(6-8-20)21-4-2-3-18(13-21)16-29-9-11-34(32,33)12-10-29;3-2(4,5)1(6)7/h2-8,13-15H,9-12,16H2,1H3,(H,27,28)(H,30,31);(H,6,7). The third-order valence-electron chi connectivity index (χ3n) is 6.50. The number of aliphatic carboxylic acids is 1. The van der Waals surface area contributed by atoms with Gasteiger partial charge in [-0.05, 0) is 52.9 Å². The lowest BCUT2D eigenvalue weighted by Gasteiger charge is -2.26. The molecule has 1 aliphatic heterocycles. The molecule has 1 saturated heterocycles. The zero-order valence-electron chi connectivity index (χ0n) is 21.8. The number of hydrogen-bond donors (Lipinski definition) is 3. The maximum absolute atomic E-state index is 11.8. The van der Waals surface area contributed by atoms with Crippen molar-refractivity contribution in [3.8, 4) is 22.3 Å². The number of aromatic carboxylic acids is 1. The van der Waals surface area contributed by atoms with Crippen molar-refractivity contribution >= 4 is 32.8 Å². The fourth-order valence-corrected chi connectivity index (χ4v) is 5.72. The number of aromatic amines is 1. The second kappa shape index (κ2) is 11.7. The van der Waals surface area contributed by atoms with E-state index >= 15 is 0 Å². The highest BCUT2D eigenvalue weighted by atomic mass is 32.2. The van der Waals surface area contributed by atoms with Crippen LogP contribution in [0.3, 0.4) is 0 Å². The monoisotopic (exact) mass is 589 g/mol. The van der Waals surface area contributed by atoms with Crippen molar-refractivity contribution in [3.05, 3.63) is 77.6 Å². The number of sulfone groups is 1. The predicted octanol–water partition coefficient (Wildman–Crippen LogP) is 4.77. The van der Waals surface area contributed by atoms with Gasteiger partial charge in [0.1, 0.15) is 11.3 Å². The molecule has 2 heterocycles. The Bertz CT molecular complexity index is 1690. The molecular weight excluding hydrogens is 563 g/mol. The lowest BCUT2D eigenvalue weighted by Crippen LogP contribution is -2.39. The van der Waals surface area contributed by atoms with Crippen LogP contribution in [0.4, 0.5) is 13.2 Å². The van der Waals surface area contributed by atoms with E-state index in [1.165, 1.54) is 0 Å². The van der Waals surface area contributed by atoms with Crippen molar-refractivity contribution in [1.29, 1.82) is 0 Å². The van der Waals surface area contributed by atoms with Crippen LogP contribution >= 0.6 is 0 Å². The average Bonchev–Trinajstić information content (AvgIpc) is 3.29. The summed E-state index contributed by atoms with van der Waals surface area (Å²) in [5.41, 5.74) is 6.37. The van der Waals surface area contributed by atoms with Crippen LogP contribution in [0.2, 0.25) is 0 Å². The zero-order valence-corrected chi connectivity index (χ0v) is 22.6. The smallest absolute Gasteiger partial charge is 0.478 e. The number of aryl methyl sites for hydroxylation is 1. The van der Waals surface area contributed by atoms with E-state index in [0.717, 1.165) is 34.4 Å². The van der Waals surface area contributed by atoms with Crippen LogP contribution in [0.5, 0.6) is 0 Å². The molecule has 0 unspecified atom stereocenters. The Morgan fingerprint density at radius 3 is 2.07 bits per heavy atom. The molecule has 9 nitrogen and oxygen atoms in total. The lowest BCUT2D eigenvalue weighted by molar-refractivity contribution is -0.192. The number of halogens is 3. The minimum absolute atomic E-state index is 0.180. The van der Waals surface area contributed by atoms with E-state index in [-0.39, 0.29) is 17.1 Å². The number of alkyl halides is 3. The molecule has 1 aliphatic rings. The normalized spacial score (nSPS) is 15.2. The number of imidazole rings is 1. The van der Waals surface area contributed by atoms with E-state index in [1.807, 2.05) is 36.4 Å². The topological polar surface area (TPSA) is 141 Å². The van der Waals surface area contributed by atoms with Crippen molar-refractivity contribution in [1.82, 2.24) is 14.9 Å². The second-order valence-electron chi connectivity index (χ2n) is 9.56. The number of carboxylic acid groups (broad SMARTS) is 2. The van der Waals surface area contributed by atoms with Crippen molar-refractivity contribution in [2.24, 2.45) is 0 Å². The summed E-state index contributed by atoms with van der Waals surface area (Å²) in [7, 11) is -2.88. The number of fused-ring (bicyclic) bond motifs is 1. The zero-order chi connectivity index (χ0) is 29.9. The van der Waals surface area contributed by atoms with Crippen LogP contribution in [0.1, 0.15) is 21.7 Å². The number of rotatable bonds is 5. The van der Waals surface area contributed by atoms with Gasteiger partial charge in [-0.1, -0.05) is 42.5 Å². The third kappa shape index (κ3) is 7.50. The minimum Gasteiger partial charge on any atom is -0.478 e. The fourth-order valence-electron chi connectivity index (χ4n) is 4.44. The summed E-state index contributed by atoms with van der Waals surface area (Å²) >= 11 is 0. The van der Waals surface area contributed by atoms with Crippen LogP contribution in [-0.2, 0) is 21.2 Å². The van der Waals surface area contributed by atoms with E-state index in [9.17, 15) is 31.5 Å². The molecule has 3 aromatic carbocycles. The first-order valence-electron chi connectivity index (χ1n) is 12.4. The number of carbonyl (C=O) groups is 2. The molecule has 1 aromatic heterocycles. The average molecular weight is 590 g/mol. The molecule has 5 rings (SSSR count). The highest BCUT2D eigenvalue weighted by molar-refractivity contribution is 7.91. The van der Waals surface area contributed by atoms with Gasteiger partial charge in [0.25, 0.3) is 0 Å². The second-order valence-corrected chi connectivity index (χ2v) is 11.9. The first-order chi connectivity index (χ1) is 19.2. The van der Waals surface area contributed by atoms with Gasteiger partial charge in [-0.25, -0.2) is 23.0 Å². The Hall–Kier alpha value is -4.23. The van der Waals surface area contributed by atoms with E-state index < -0.39 is 28.0 Å². The molecule has 4 aromatic rings. The molecular formula is C28H26F3N3O6S. The number of hydrogen-bond acceptors (Lipinski definition) is 6. The first-order valence-corrected chi connectivity index (χ1v) is 14.2. The lowest BCUT2D eigenvalue weighted by atomic mass is 9.97. The highest BCUT2D eigenvalue weighted by Crippen LogP contribution is 2.29. The Morgan fingerprint density at radius 2 is 1.51 bits per heavy atom. The molecule has 0 radical (unpaired) electrons. The van der Waals surface area contributed by atoms with E-state index in [2.05, 4.69) is 33.1 Å². The summed E-state index contributed by atoms with van der Waals surface area (Å²) < 4.78 is 55.1. The van der Waals surface area contributed by atoms with Gasteiger partial charge in [-0.2, -0.15) is 13.2 Å². The van der Waals surface area contributed by atoms with Crippen LogP contribution in [0, 0.1) is 6.92 Å². The summed E-state index contributed by atoms with van der Waals surface area (Å²) in [5.74, 6) is -2.63. The molecule has 0 bridgehead atoms. The molecule has 13 heteroatoms. The summed E-state index contributed by atoms with van der Waals surface area (Å²) in [5, 5.41) is 16.8. The summed E-state index contributed by atoms with van der Waals surface area (Å²) in [6.07, 6.45) is -5.08.